The second kappa shape index (κ2) is 5.60. The summed E-state index contributed by atoms with van der Waals surface area (Å²) in [4.78, 5) is 22.1. The smallest absolute Gasteiger partial charge is 0.337 e. The van der Waals surface area contributed by atoms with E-state index in [1.807, 2.05) is 0 Å². The molecule has 1 aromatic carbocycles. The molecule has 1 rings (SSSR count). The van der Waals surface area contributed by atoms with Gasteiger partial charge < -0.3 is 16.2 Å². The van der Waals surface area contributed by atoms with E-state index in [0.29, 0.717) is 0 Å². The van der Waals surface area contributed by atoms with Crippen LogP contribution in [-0.4, -0.2) is 31.1 Å². The van der Waals surface area contributed by atoms with E-state index >= 15 is 0 Å². The molecule has 0 atom stereocenters. The van der Waals surface area contributed by atoms with Gasteiger partial charge in [-0.3, -0.25) is 0 Å². The second-order valence-corrected chi connectivity index (χ2v) is 7.02. The molecule has 8 nitrogen and oxygen atoms in total. The summed E-state index contributed by atoms with van der Waals surface area (Å²) in [5.41, 5.74) is 4.42. The minimum Gasteiger partial charge on any atom is -0.478 e. The fraction of sp³-hybridized carbons (Fsp3) is 0.333. The molecule has 0 unspecified atom stereocenters. The van der Waals surface area contributed by atoms with Crippen molar-refractivity contribution in [2.45, 2.75) is 31.2 Å². The van der Waals surface area contributed by atoms with Crippen LogP contribution in [-0.2, 0) is 10.0 Å². The monoisotopic (exact) mass is 315 g/mol. The Morgan fingerprint density at radius 2 is 1.81 bits per heavy atom. The van der Waals surface area contributed by atoms with Crippen molar-refractivity contribution in [3.63, 3.8) is 0 Å². The van der Waals surface area contributed by atoms with E-state index in [1.54, 1.807) is 25.5 Å². The maximum atomic E-state index is 12.1. The third-order valence-corrected chi connectivity index (χ3v) is 3.61. The molecule has 1 aromatic rings. The molecule has 9 heteroatoms. The van der Waals surface area contributed by atoms with E-state index in [0.717, 1.165) is 12.1 Å². The van der Waals surface area contributed by atoms with Gasteiger partial charge in [-0.25, -0.2) is 22.7 Å². The first-order valence-electron chi connectivity index (χ1n) is 5.90. The molecule has 116 valence electrons. The Morgan fingerprint density at radius 1 is 1.24 bits per heavy atom. The van der Waals surface area contributed by atoms with Gasteiger partial charge in [0.15, 0.2) is 0 Å². The Kier molecular flexibility index (Phi) is 4.47. The van der Waals surface area contributed by atoms with Gasteiger partial charge in [0, 0.05) is 11.2 Å². The number of carboxylic acids is 1. The van der Waals surface area contributed by atoms with Crippen molar-refractivity contribution in [2.75, 3.05) is 5.73 Å². The molecule has 0 aliphatic carbocycles. The van der Waals surface area contributed by atoms with E-state index < -0.39 is 38.0 Å². The maximum absolute atomic E-state index is 12.1. The summed E-state index contributed by atoms with van der Waals surface area (Å²) in [6, 6.07) is 2.35. The van der Waals surface area contributed by atoms with Crippen molar-refractivity contribution in [3.8, 4) is 0 Å². The zero-order chi connectivity index (χ0) is 16.4. The van der Waals surface area contributed by atoms with E-state index in [4.69, 9.17) is 10.8 Å². The van der Waals surface area contributed by atoms with Crippen LogP contribution in [0, 0.1) is 0 Å². The van der Waals surface area contributed by atoms with E-state index in [9.17, 15) is 18.0 Å². The average Bonchev–Trinajstić information content (AvgIpc) is 2.24. The van der Waals surface area contributed by atoms with Gasteiger partial charge in [-0.05, 0) is 39.0 Å². The summed E-state index contributed by atoms with van der Waals surface area (Å²) in [5.74, 6) is -1.44. The number of carbonyl (C=O) groups excluding carboxylic acids is 1. The van der Waals surface area contributed by atoms with Crippen LogP contribution in [0.25, 0.3) is 0 Å². The maximum Gasteiger partial charge on any atom is 0.337 e. The summed E-state index contributed by atoms with van der Waals surface area (Å²) in [7, 11) is -4.35. The number of nitrogens with one attached hydrogen (secondary N) is 2. The largest absolute Gasteiger partial charge is 0.478 e. The van der Waals surface area contributed by atoms with Crippen LogP contribution in [0.3, 0.4) is 0 Å². The number of nitrogen functional groups attached to an aromatic ring is 1. The van der Waals surface area contributed by atoms with Crippen LogP contribution in [0.1, 0.15) is 31.1 Å². The third kappa shape index (κ3) is 4.63. The van der Waals surface area contributed by atoms with Crippen molar-refractivity contribution in [1.82, 2.24) is 10.0 Å². The lowest BCUT2D eigenvalue weighted by Crippen LogP contribution is -2.48. The molecule has 2 amide bonds. The molecule has 0 aliphatic rings. The predicted octanol–water partition coefficient (Wildman–Crippen LogP) is 0.753. The average molecular weight is 315 g/mol. The molecule has 0 radical (unpaired) electrons. The standard InChI is InChI=1S/C12H17N3O5S/c1-12(2,3)14-11(18)15-21(19,20)9-6-7(13)4-5-8(9)10(16)17/h4-6H,13H2,1-3H3,(H,16,17)(H2,14,15,18). The summed E-state index contributed by atoms with van der Waals surface area (Å²) < 4.78 is 26.0. The van der Waals surface area contributed by atoms with Gasteiger partial charge >= 0.3 is 12.0 Å². The van der Waals surface area contributed by atoms with Gasteiger partial charge in [0.25, 0.3) is 10.0 Å². The number of anilines is 1. The van der Waals surface area contributed by atoms with E-state index in [2.05, 4.69) is 5.32 Å². The molecule has 0 aromatic heterocycles. The third-order valence-electron chi connectivity index (χ3n) is 2.24. The first-order valence-corrected chi connectivity index (χ1v) is 7.38. The molecule has 0 aliphatic heterocycles. The molecule has 0 bridgehead atoms. The molecule has 21 heavy (non-hydrogen) atoms. The van der Waals surface area contributed by atoms with Crippen molar-refractivity contribution in [1.29, 1.82) is 0 Å². The predicted molar refractivity (Wildman–Crippen MR) is 76.4 cm³/mol. The van der Waals surface area contributed by atoms with Crippen LogP contribution in [0.5, 0.6) is 0 Å². The number of hydrogen-bond acceptors (Lipinski definition) is 5. The lowest BCUT2D eigenvalue weighted by molar-refractivity contribution is 0.0692. The summed E-state index contributed by atoms with van der Waals surface area (Å²) in [6.07, 6.45) is 0. The highest BCUT2D eigenvalue weighted by atomic mass is 32.2. The Bertz CT molecular complexity index is 677. The molecule has 0 fully saturated rings. The number of benzene rings is 1. The lowest BCUT2D eigenvalue weighted by atomic mass is 10.1. The summed E-state index contributed by atoms with van der Waals surface area (Å²) in [5, 5.41) is 11.4. The zero-order valence-corrected chi connectivity index (χ0v) is 12.6. The Balaban J connectivity index is 3.17. The molecule has 0 spiro atoms. The second-order valence-electron chi connectivity index (χ2n) is 5.37. The molecule has 0 saturated heterocycles. The van der Waals surface area contributed by atoms with Crippen molar-refractivity contribution in [3.05, 3.63) is 23.8 Å². The van der Waals surface area contributed by atoms with Crippen LogP contribution >= 0.6 is 0 Å². The highest BCUT2D eigenvalue weighted by Gasteiger charge is 2.26. The minimum absolute atomic E-state index is 0.0663. The zero-order valence-electron chi connectivity index (χ0n) is 11.8. The first kappa shape index (κ1) is 16.8. The number of aromatic carboxylic acids is 1. The summed E-state index contributed by atoms with van der Waals surface area (Å²) >= 11 is 0. The molecular formula is C12H17N3O5S. The molecule has 0 heterocycles. The van der Waals surface area contributed by atoms with Gasteiger partial charge in [-0.1, -0.05) is 0 Å². The van der Waals surface area contributed by atoms with Gasteiger partial charge in [0.1, 0.15) is 4.90 Å². The minimum atomic E-state index is -4.35. The van der Waals surface area contributed by atoms with Crippen LogP contribution < -0.4 is 15.8 Å². The van der Waals surface area contributed by atoms with Crippen LogP contribution in [0.4, 0.5) is 10.5 Å². The normalized spacial score (nSPS) is 11.8. The van der Waals surface area contributed by atoms with Crippen molar-refractivity contribution < 1.29 is 23.1 Å². The van der Waals surface area contributed by atoms with Crippen molar-refractivity contribution >= 4 is 27.7 Å². The number of carbonyl (C=O) groups is 2. The SMILES string of the molecule is CC(C)(C)NC(=O)NS(=O)(=O)c1cc(N)ccc1C(=O)O. The highest BCUT2D eigenvalue weighted by molar-refractivity contribution is 7.90. The number of carboxylic acid groups (broad SMARTS) is 1. The fourth-order valence-electron chi connectivity index (χ4n) is 1.48. The highest BCUT2D eigenvalue weighted by Crippen LogP contribution is 2.19. The van der Waals surface area contributed by atoms with Gasteiger partial charge in [-0.15, -0.1) is 0 Å². The Morgan fingerprint density at radius 3 is 2.29 bits per heavy atom. The first-order chi connectivity index (χ1) is 9.42. The van der Waals surface area contributed by atoms with E-state index in [-0.39, 0.29) is 5.69 Å². The quantitative estimate of drug-likeness (QED) is 0.607. The number of sulfonamides is 1. The topological polar surface area (TPSA) is 139 Å². The van der Waals surface area contributed by atoms with E-state index in [1.165, 1.54) is 6.07 Å². The Labute approximate surface area is 122 Å². The number of urea groups is 1. The number of nitrogens with two attached hydrogens (primary N) is 1. The number of hydrogen-bond donors (Lipinski definition) is 4. The fourth-order valence-corrected chi connectivity index (χ4v) is 2.62. The lowest BCUT2D eigenvalue weighted by Gasteiger charge is -2.20. The molecular weight excluding hydrogens is 298 g/mol. The van der Waals surface area contributed by atoms with Gasteiger partial charge in [0.05, 0.1) is 5.56 Å². The Hall–Kier alpha value is -2.29. The van der Waals surface area contributed by atoms with Crippen LogP contribution in [0.15, 0.2) is 23.1 Å². The van der Waals surface area contributed by atoms with Gasteiger partial charge in [0.2, 0.25) is 0 Å². The molecule has 0 saturated carbocycles. The van der Waals surface area contributed by atoms with Gasteiger partial charge in [-0.2, -0.15) is 0 Å². The van der Waals surface area contributed by atoms with Crippen LogP contribution in [0.2, 0.25) is 0 Å². The molecule has 5 N–H and O–H groups in total. The number of amides is 2. The van der Waals surface area contributed by atoms with Crippen molar-refractivity contribution in [2.24, 2.45) is 0 Å². The number of rotatable bonds is 3. The summed E-state index contributed by atoms with van der Waals surface area (Å²) in [6.45, 7) is 5.01.